The lowest BCUT2D eigenvalue weighted by atomic mass is 10.0. The number of nitrogens with one attached hydrogen (secondary N) is 4. The molecule has 0 saturated carbocycles. The Morgan fingerprint density at radius 3 is 2.37 bits per heavy atom. The highest BCUT2D eigenvalue weighted by molar-refractivity contribution is 8.04. The molecule has 0 saturated heterocycles. The van der Waals surface area contributed by atoms with Crippen molar-refractivity contribution >= 4 is 38.0 Å². The Hall–Kier alpha value is -2.92. The number of carbonyl (C=O) groups excluding carboxylic acids is 3. The molecule has 10 nitrogen and oxygen atoms in total. The number of para-hydroxylation sites is 1. The first kappa shape index (κ1) is 23.4. The summed E-state index contributed by atoms with van der Waals surface area (Å²) in [4.78, 5) is 39.5. The number of benzene rings is 1. The Balaban J connectivity index is 2.25. The lowest BCUT2D eigenvalue weighted by Crippen LogP contribution is -2.55. The summed E-state index contributed by atoms with van der Waals surface area (Å²) in [6.45, 7) is 3.59. The highest BCUT2D eigenvalue weighted by Crippen LogP contribution is 2.19. The van der Waals surface area contributed by atoms with Gasteiger partial charge in [0.15, 0.2) is 0 Å². The zero-order valence-corrected chi connectivity index (χ0v) is 17.9. The minimum Gasteiger partial charge on any atom is -0.361 e. The maximum atomic E-state index is 12.8. The molecule has 0 bridgehead atoms. The Labute approximate surface area is 175 Å². The van der Waals surface area contributed by atoms with Crippen LogP contribution in [0.3, 0.4) is 0 Å². The third kappa shape index (κ3) is 5.80. The molecule has 1 heterocycles. The van der Waals surface area contributed by atoms with Crippen molar-refractivity contribution in [3.63, 3.8) is 0 Å². The van der Waals surface area contributed by atoms with E-state index in [2.05, 4.69) is 15.6 Å². The van der Waals surface area contributed by atoms with E-state index in [1.165, 1.54) is 7.05 Å². The molecule has 2 aromatic rings. The topological polar surface area (TPSA) is 163 Å². The van der Waals surface area contributed by atoms with Crippen molar-refractivity contribution in [1.82, 2.24) is 20.3 Å². The number of aromatic amines is 1. The summed E-state index contributed by atoms with van der Waals surface area (Å²) in [7, 11) is -3.06. The monoisotopic (exact) mass is 437 g/mol. The summed E-state index contributed by atoms with van der Waals surface area (Å²) in [6, 6.07) is 5.33. The van der Waals surface area contributed by atoms with Crippen LogP contribution < -0.4 is 21.1 Å². The zero-order chi connectivity index (χ0) is 22.5. The first-order chi connectivity index (χ1) is 14.0. The second-order valence-corrected chi connectivity index (χ2v) is 9.01. The maximum absolute atomic E-state index is 12.8. The van der Waals surface area contributed by atoms with Gasteiger partial charge >= 0.3 is 5.24 Å². The number of amides is 3. The standard InChI is InChI=1S/C19H27N5O5S/c1-11(2)8-16(24-30(28,29)19(20)27)18(26)23-15(17(25)21-3)9-12-10-22-14-7-5-4-6-13(12)14/h4-7,10-11,15-16,22,24H,8-9H2,1-3H3,(H2,20,27)(H,21,25)(H,23,26). The molecule has 2 rings (SSSR count). The lowest BCUT2D eigenvalue weighted by Gasteiger charge is -2.23. The number of H-pyrrole nitrogens is 1. The molecule has 164 valence electrons. The molecule has 2 atom stereocenters. The van der Waals surface area contributed by atoms with E-state index in [0.717, 1.165) is 16.5 Å². The number of hydrogen-bond donors (Lipinski definition) is 5. The van der Waals surface area contributed by atoms with E-state index >= 15 is 0 Å². The van der Waals surface area contributed by atoms with Gasteiger partial charge in [0.25, 0.3) is 10.0 Å². The molecule has 6 N–H and O–H groups in total. The van der Waals surface area contributed by atoms with Crippen LogP contribution in [-0.4, -0.2) is 49.6 Å². The van der Waals surface area contributed by atoms with Crippen LogP contribution >= 0.6 is 0 Å². The summed E-state index contributed by atoms with van der Waals surface area (Å²) in [6.07, 6.45) is 2.06. The minimum atomic E-state index is -4.51. The fraction of sp³-hybridized carbons (Fsp3) is 0.421. The van der Waals surface area contributed by atoms with Crippen LogP contribution in [0.15, 0.2) is 30.5 Å². The van der Waals surface area contributed by atoms with Gasteiger partial charge in [-0.1, -0.05) is 32.0 Å². The molecule has 0 aliphatic rings. The third-order valence-electron chi connectivity index (χ3n) is 4.56. The van der Waals surface area contributed by atoms with Gasteiger partial charge in [-0.3, -0.25) is 14.4 Å². The van der Waals surface area contributed by atoms with Crippen molar-refractivity contribution in [2.45, 2.75) is 38.8 Å². The predicted molar refractivity (Wildman–Crippen MR) is 113 cm³/mol. The summed E-state index contributed by atoms with van der Waals surface area (Å²) in [5.74, 6) is -1.22. The molecule has 0 fully saturated rings. The van der Waals surface area contributed by atoms with Gasteiger partial charge in [-0.15, -0.1) is 0 Å². The molecule has 3 amide bonds. The number of hydrogen-bond acceptors (Lipinski definition) is 5. The van der Waals surface area contributed by atoms with Gasteiger partial charge in [0.05, 0.1) is 0 Å². The third-order valence-corrected chi connectivity index (χ3v) is 5.69. The van der Waals surface area contributed by atoms with E-state index in [1.807, 2.05) is 29.0 Å². The van der Waals surface area contributed by atoms with E-state index in [-0.39, 0.29) is 18.8 Å². The van der Waals surface area contributed by atoms with Crippen molar-refractivity contribution in [2.75, 3.05) is 7.05 Å². The fourth-order valence-corrected chi connectivity index (χ4v) is 3.80. The molecular weight excluding hydrogens is 410 g/mol. The SMILES string of the molecule is CNC(=O)C(Cc1c[nH]c2ccccc12)NC(=O)C(CC(C)C)NS(=O)(=O)C(N)=O. The summed E-state index contributed by atoms with van der Waals surface area (Å²) in [5, 5.41) is 4.43. The molecule has 2 unspecified atom stereocenters. The number of carbonyl (C=O) groups is 3. The van der Waals surface area contributed by atoms with Gasteiger partial charge in [0.2, 0.25) is 11.8 Å². The van der Waals surface area contributed by atoms with Gasteiger partial charge in [-0.25, -0.2) is 8.42 Å². The van der Waals surface area contributed by atoms with E-state index < -0.39 is 39.2 Å². The summed E-state index contributed by atoms with van der Waals surface area (Å²) >= 11 is 0. The lowest BCUT2D eigenvalue weighted by molar-refractivity contribution is -0.129. The smallest absolute Gasteiger partial charge is 0.349 e. The van der Waals surface area contributed by atoms with Crippen LogP contribution in [-0.2, 0) is 26.0 Å². The summed E-state index contributed by atoms with van der Waals surface area (Å²) in [5.41, 5.74) is 6.58. The molecule has 1 aromatic heterocycles. The highest BCUT2D eigenvalue weighted by atomic mass is 32.2. The largest absolute Gasteiger partial charge is 0.361 e. The van der Waals surface area contributed by atoms with Gasteiger partial charge in [0.1, 0.15) is 12.1 Å². The number of rotatable bonds is 9. The molecule has 1 aromatic carbocycles. The Morgan fingerprint density at radius 1 is 1.10 bits per heavy atom. The normalized spacial score (nSPS) is 13.7. The quantitative estimate of drug-likeness (QED) is 0.382. The van der Waals surface area contributed by atoms with E-state index in [1.54, 1.807) is 20.0 Å². The second kappa shape index (κ2) is 9.72. The number of nitrogens with two attached hydrogens (primary N) is 1. The zero-order valence-electron chi connectivity index (χ0n) is 17.1. The average molecular weight is 438 g/mol. The number of primary amides is 1. The Morgan fingerprint density at radius 2 is 1.77 bits per heavy atom. The number of sulfonamides is 1. The van der Waals surface area contributed by atoms with Gasteiger partial charge in [0, 0.05) is 30.6 Å². The van der Waals surface area contributed by atoms with Gasteiger partial charge < -0.3 is 21.4 Å². The van der Waals surface area contributed by atoms with Crippen molar-refractivity contribution in [2.24, 2.45) is 11.7 Å². The average Bonchev–Trinajstić information content (AvgIpc) is 3.08. The van der Waals surface area contributed by atoms with Gasteiger partial charge in [-0.05, 0) is 24.0 Å². The molecule has 0 radical (unpaired) electrons. The molecule has 0 spiro atoms. The number of likely N-dealkylation sites (N-methyl/N-ethyl adjacent to an activating group) is 1. The van der Waals surface area contributed by atoms with Crippen LogP contribution in [0, 0.1) is 5.92 Å². The number of aromatic nitrogens is 1. The second-order valence-electron chi connectivity index (χ2n) is 7.36. The van der Waals surface area contributed by atoms with Crippen LogP contribution in [0.25, 0.3) is 10.9 Å². The molecular formula is C19H27N5O5S. The minimum absolute atomic E-state index is 0.0663. The maximum Gasteiger partial charge on any atom is 0.349 e. The molecule has 30 heavy (non-hydrogen) atoms. The Kier molecular flexibility index (Phi) is 7.57. The molecule has 11 heteroatoms. The van der Waals surface area contributed by atoms with Gasteiger partial charge in [-0.2, -0.15) is 4.72 Å². The highest BCUT2D eigenvalue weighted by Gasteiger charge is 2.31. The van der Waals surface area contributed by atoms with Crippen LogP contribution in [0.5, 0.6) is 0 Å². The van der Waals surface area contributed by atoms with Crippen molar-refractivity contribution < 1.29 is 22.8 Å². The fourth-order valence-electron chi connectivity index (χ4n) is 3.10. The molecule has 0 aliphatic heterocycles. The van der Waals surface area contributed by atoms with E-state index in [4.69, 9.17) is 5.73 Å². The van der Waals surface area contributed by atoms with E-state index in [0.29, 0.717) is 0 Å². The molecule has 0 aliphatic carbocycles. The van der Waals surface area contributed by atoms with Crippen molar-refractivity contribution in [3.8, 4) is 0 Å². The first-order valence-electron chi connectivity index (χ1n) is 9.44. The summed E-state index contributed by atoms with van der Waals surface area (Å²) < 4.78 is 25.7. The van der Waals surface area contributed by atoms with Crippen LogP contribution in [0.2, 0.25) is 0 Å². The predicted octanol–water partition coefficient (Wildman–Crippen LogP) is 0.354. The van der Waals surface area contributed by atoms with Crippen LogP contribution in [0.4, 0.5) is 4.79 Å². The van der Waals surface area contributed by atoms with Crippen molar-refractivity contribution in [1.29, 1.82) is 0 Å². The van der Waals surface area contributed by atoms with Crippen molar-refractivity contribution in [3.05, 3.63) is 36.0 Å². The first-order valence-corrected chi connectivity index (χ1v) is 10.9. The van der Waals surface area contributed by atoms with E-state index in [9.17, 15) is 22.8 Å². The van der Waals surface area contributed by atoms with Crippen LogP contribution in [0.1, 0.15) is 25.8 Å². The number of fused-ring (bicyclic) bond motifs is 1. The Bertz CT molecular complexity index is 1030.